The van der Waals surface area contributed by atoms with Gasteiger partial charge in [0.1, 0.15) is 24.8 Å². The number of carbonyl (C=O) groups is 1. The maximum absolute atomic E-state index is 12.7. The summed E-state index contributed by atoms with van der Waals surface area (Å²) in [7, 11) is 0. The van der Waals surface area contributed by atoms with E-state index in [0.29, 0.717) is 12.0 Å². The second-order valence-electron chi connectivity index (χ2n) is 8.55. The van der Waals surface area contributed by atoms with Crippen LogP contribution in [0.1, 0.15) is 45.1 Å². The molecule has 152 valence electrons. The standard InChI is InChI=1S/C20H30N6OS/c1-14-9-19(28-15(14)2)20(27)25-7-3-16(4-8-25)10-26-13-18(22-23-26)12-24-6-5-17(21)11-24/h9,13,16-17H,3-8,10-12,21H2,1-2H3/p+2/t17-/m1/s1. The molecule has 2 aromatic heterocycles. The van der Waals surface area contributed by atoms with Crippen LogP contribution in [0.4, 0.5) is 0 Å². The molecule has 2 aromatic rings. The number of amides is 1. The number of piperidine rings is 1. The summed E-state index contributed by atoms with van der Waals surface area (Å²) < 4.78 is 2.00. The van der Waals surface area contributed by atoms with Crippen LogP contribution < -0.4 is 10.6 Å². The number of carbonyl (C=O) groups excluding carboxylic acids is 1. The molecule has 0 spiro atoms. The lowest BCUT2D eigenvalue weighted by atomic mass is 9.96. The van der Waals surface area contributed by atoms with Crippen LogP contribution >= 0.6 is 11.3 Å². The molecule has 2 aliphatic rings. The highest BCUT2D eigenvalue weighted by Gasteiger charge is 2.27. The number of thiophene rings is 1. The predicted octanol–water partition coefficient (Wildman–Crippen LogP) is -0.0921. The number of quaternary nitrogens is 2. The molecule has 0 radical (unpaired) electrons. The van der Waals surface area contributed by atoms with E-state index in [-0.39, 0.29) is 5.91 Å². The van der Waals surface area contributed by atoms with Gasteiger partial charge in [0, 0.05) is 24.5 Å². The van der Waals surface area contributed by atoms with Crippen molar-refractivity contribution in [2.24, 2.45) is 5.92 Å². The Hall–Kier alpha value is -1.77. The summed E-state index contributed by atoms with van der Waals surface area (Å²) in [6.07, 6.45) is 5.39. The fourth-order valence-corrected chi connectivity index (χ4v) is 5.37. The van der Waals surface area contributed by atoms with Crippen LogP contribution in [-0.4, -0.2) is 58.0 Å². The Morgan fingerprint density at radius 3 is 2.75 bits per heavy atom. The minimum absolute atomic E-state index is 0.194. The number of likely N-dealkylation sites (tertiary alicyclic amines) is 2. The summed E-state index contributed by atoms with van der Waals surface area (Å²) in [6.45, 7) is 10.0. The average molecular weight is 405 g/mol. The van der Waals surface area contributed by atoms with Crippen LogP contribution in [0.3, 0.4) is 0 Å². The summed E-state index contributed by atoms with van der Waals surface area (Å²) in [5.41, 5.74) is 6.46. The van der Waals surface area contributed by atoms with E-state index in [1.54, 1.807) is 16.2 Å². The number of rotatable bonds is 5. The maximum Gasteiger partial charge on any atom is 0.263 e. The third kappa shape index (κ3) is 4.45. The highest BCUT2D eigenvalue weighted by atomic mass is 32.1. The highest BCUT2D eigenvalue weighted by Crippen LogP contribution is 2.25. The summed E-state index contributed by atoms with van der Waals surface area (Å²) in [5.74, 6) is 0.758. The zero-order chi connectivity index (χ0) is 19.7. The molecule has 4 rings (SSSR count). The summed E-state index contributed by atoms with van der Waals surface area (Å²) in [6, 6.07) is 2.62. The molecular weight excluding hydrogens is 372 g/mol. The predicted molar refractivity (Wildman–Crippen MR) is 108 cm³/mol. The van der Waals surface area contributed by atoms with Gasteiger partial charge in [0.25, 0.3) is 5.91 Å². The van der Waals surface area contributed by atoms with E-state index in [1.165, 1.54) is 23.4 Å². The van der Waals surface area contributed by atoms with Crippen molar-refractivity contribution in [2.45, 2.75) is 52.2 Å². The van der Waals surface area contributed by atoms with Crippen LogP contribution in [0.15, 0.2) is 12.3 Å². The minimum atomic E-state index is 0.194. The molecule has 2 saturated heterocycles. The van der Waals surface area contributed by atoms with Gasteiger partial charge in [-0.05, 0) is 44.2 Å². The first-order valence-corrected chi connectivity index (χ1v) is 11.2. The molecule has 2 aliphatic heterocycles. The molecular formula is C20H32N6OS+2. The Balaban J connectivity index is 1.26. The molecule has 2 atom stereocenters. The summed E-state index contributed by atoms with van der Waals surface area (Å²) >= 11 is 1.62. The second-order valence-corrected chi connectivity index (χ2v) is 9.81. The zero-order valence-corrected chi connectivity index (χ0v) is 17.8. The lowest BCUT2D eigenvalue weighted by Gasteiger charge is -2.31. The van der Waals surface area contributed by atoms with E-state index in [0.717, 1.165) is 56.1 Å². The summed E-state index contributed by atoms with van der Waals surface area (Å²) in [5, 5.41) is 8.72. The Morgan fingerprint density at radius 1 is 1.32 bits per heavy atom. The average Bonchev–Trinajstić information content (AvgIpc) is 3.38. The number of aromatic nitrogens is 3. The van der Waals surface area contributed by atoms with Crippen molar-refractivity contribution in [3.63, 3.8) is 0 Å². The van der Waals surface area contributed by atoms with E-state index in [1.807, 2.05) is 15.6 Å². The van der Waals surface area contributed by atoms with Crippen LogP contribution in [0, 0.1) is 19.8 Å². The van der Waals surface area contributed by atoms with Gasteiger partial charge in [-0.1, -0.05) is 5.21 Å². The van der Waals surface area contributed by atoms with Crippen LogP contribution in [0.25, 0.3) is 0 Å². The Bertz CT molecular complexity index is 803. The van der Waals surface area contributed by atoms with Crippen molar-refractivity contribution in [1.29, 1.82) is 0 Å². The van der Waals surface area contributed by atoms with E-state index >= 15 is 0 Å². The van der Waals surface area contributed by atoms with Crippen molar-refractivity contribution in [3.8, 4) is 0 Å². The van der Waals surface area contributed by atoms with Gasteiger partial charge in [0.05, 0.1) is 24.0 Å². The molecule has 0 bridgehead atoms. The third-order valence-electron chi connectivity index (χ3n) is 6.22. The third-order valence-corrected chi connectivity index (χ3v) is 7.37. The molecule has 0 saturated carbocycles. The molecule has 1 amide bonds. The maximum atomic E-state index is 12.7. The topological polar surface area (TPSA) is 83.1 Å². The molecule has 4 heterocycles. The first kappa shape index (κ1) is 19.5. The number of hydrogen-bond acceptors (Lipinski definition) is 4. The van der Waals surface area contributed by atoms with E-state index in [9.17, 15) is 4.79 Å². The fourth-order valence-electron chi connectivity index (χ4n) is 4.36. The van der Waals surface area contributed by atoms with Crippen LogP contribution in [0.5, 0.6) is 0 Å². The van der Waals surface area contributed by atoms with Crippen molar-refractivity contribution in [1.82, 2.24) is 19.9 Å². The zero-order valence-electron chi connectivity index (χ0n) is 17.0. The Labute approximate surface area is 170 Å². The van der Waals surface area contributed by atoms with Crippen molar-refractivity contribution in [3.05, 3.63) is 33.3 Å². The monoisotopic (exact) mass is 404 g/mol. The van der Waals surface area contributed by atoms with E-state index < -0.39 is 0 Å². The molecule has 7 nitrogen and oxygen atoms in total. The highest BCUT2D eigenvalue weighted by molar-refractivity contribution is 7.14. The van der Waals surface area contributed by atoms with E-state index in [2.05, 4.69) is 36.1 Å². The van der Waals surface area contributed by atoms with Gasteiger partial charge in [-0.25, -0.2) is 0 Å². The number of aryl methyl sites for hydroxylation is 2. The van der Waals surface area contributed by atoms with Crippen molar-refractivity contribution in [2.75, 3.05) is 26.2 Å². The number of hydrogen-bond donors (Lipinski definition) is 2. The van der Waals surface area contributed by atoms with Crippen LogP contribution in [0.2, 0.25) is 0 Å². The lowest BCUT2D eigenvalue weighted by Crippen LogP contribution is -3.09. The molecule has 4 N–H and O–H groups in total. The van der Waals surface area contributed by atoms with Gasteiger partial charge in [-0.2, -0.15) is 0 Å². The van der Waals surface area contributed by atoms with Gasteiger partial charge in [0.15, 0.2) is 0 Å². The molecule has 0 aliphatic carbocycles. The Kier molecular flexibility index (Phi) is 5.80. The van der Waals surface area contributed by atoms with Gasteiger partial charge >= 0.3 is 0 Å². The molecule has 8 heteroatoms. The first-order chi connectivity index (χ1) is 13.5. The minimum Gasteiger partial charge on any atom is -0.350 e. The normalized spacial score (nSPS) is 23.5. The summed E-state index contributed by atoms with van der Waals surface area (Å²) in [4.78, 5) is 18.4. The van der Waals surface area contributed by atoms with Crippen LogP contribution in [-0.2, 0) is 13.1 Å². The van der Waals surface area contributed by atoms with E-state index in [4.69, 9.17) is 0 Å². The molecule has 28 heavy (non-hydrogen) atoms. The van der Waals surface area contributed by atoms with Gasteiger partial charge < -0.3 is 15.5 Å². The SMILES string of the molecule is Cc1cc(C(=O)N2CCC(Cn3cc(C[NH+]4CC[C@@H]([NH3+])C4)nn3)CC2)sc1C. The smallest absolute Gasteiger partial charge is 0.263 e. The second kappa shape index (κ2) is 8.31. The quantitative estimate of drug-likeness (QED) is 0.731. The number of nitrogens with one attached hydrogen (secondary N) is 1. The van der Waals surface area contributed by atoms with Crippen molar-refractivity contribution >= 4 is 17.2 Å². The fraction of sp³-hybridized carbons (Fsp3) is 0.650. The molecule has 1 unspecified atom stereocenters. The largest absolute Gasteiger partial charge is 0.350 e. The molecule has 2 fully saturated rings. The first-order valence-electron chi connectivity index (χ1n) is 10.4. The lowest BCUT2D eigenvalue weighted by molar-refractivity contribution is -0.906. The van der Waals surface area contributed by atoms with Crippen molar-refractivity contribution < 1.29 is 15.4 Å². The van der Waals surface area contributed by atoms with Gasteiger partial charge in [-0.15, -0.1) is 16.4 Å². The van der Waals surface area contributed by atoms with Gasteiger partial charge in [0.2, 0.25) is 0 Å². The molecule has 0 aromatic carbocycles. The number of nitrogens with zero attached hydrogens (tertiary/aromatic N) is 4. The Morgan fingerprint density at radius 2 is 2.11 bits per heavy atom. The van der Waals surface area contributed by atoms with Gasteiger partial charge in [-0.3, -0.25) is 9.48 Å².